The van der Waals surface area contributed by atoms with Crippen LogP contribution < -0.4 is 10.2 Å². The summed E-state index contributed by atoms with van der Waals surface area (Å²) in [6.07, 6.45) is 1.59. The molecule has 0 radical (unpaired) electrons. The molecule has 4 nitrogen and oxygen atoms in total. The van der Waals surface area contributed by atoms with E-state index >= 15 is 0 Å². The Morgan fingerprint density at radius 3 is 2.71 bits per heavy atom. The number of nitrogens with zero attached hydrogens (tertiary/aromatic N) is 1. The lowest BCUT2D eigenvalue weighted by Gasteiger charge is -2.06. The van der Waals surface area contributed by atoms with E-state index in [-0.39, 0.29) is 10.8 Å². The van der Waals surface area contributed by atoms with Crippen LogP contribution in [0.25, 0.3) is 0 Å². The van der Waals surface area contributed by atoms with Crippen molar-refractivity contribution in [1.82, 2.24) is 5.43 Å². The van der Waals surface area contributed by atoms with Crippen LogP contribution in [0.15, 0.2) is 41.5 Å². The van der Waals surface area contributed by atoms with E-state index in [2.05, 4.69) is 10.5 Å². The second-order valence-electron chi connectivity index (χ2n) is 4.24. The van der Waals surface area contributed by atoms with Gasteiger partial charge in [0.25, 0.3) is 0 Å². The maximum Gasteiger partial charge on any atom is 0.176 e. The first-order chi connectivity index (χ1) is 10.1. The molecule has 110 valence electrons. The minimum Gasteiger partial charge on any atom is -0.503 e. The standard InChI is InChI=1S/C15H14Cl2N2O2/c1-21-14-7-10(6-13(17)15(14)20)8-18-19-9-11-4-2-3-5-12(11)16/h2-8,19-20H,9H2,1H3/b18-8-. The molecule has 0 aliphatic heterocycles. The van der Waals surface area contributed by atoms with Crippen molar-refractivity contribution in [3.8, 4) is 11.5 Å². The fourth-order valence-electron chi connectivity index (χ4n) is 1.72. The first-order valence-electron chi connectivity index (χ1n) is 6.17. The van der Waals surface area contributed by atoms with Gasteiger partial charge in [0.05, 0.1) is 24.9 Å². The van der Waals surface area contributed by atoms with Crippen LogP contribution in [0, 0.1) is 0 Å². The highest BCUT2D eigenvalue weighted by Gasteiger charge is 2.07. The van der Waals surface area contributed by atoms with Gasteiger partial charge in [-0.25, -0.2) is 0 Å². The molecule has 0 bridgehead atoms. The molecule has 0 amide bonds. The number of hydrogen-bond acceptors (Lipinski definition) is 4. The Hall–Kier alpha value is -1.91. The summed E-state index contributed by atoms with van der Waals surface area (Å²) in [6.45, 7) is 0.513. The molecule has 0 aliphatic carbocycles. The molecule has 0 aliphatic rings. The van der Waals surface area contributed by atoms with Gasteiger partial charge in [0, 0.05) is 5.02 Å². The highest BCUT2D eigenvalue weighted by molar-refractivity contribution is 6.32. The maximum absolute atomic E-state index is 9.64. The van der Waals surface area contributed by atoms with E-state index in [4.69, 9.17) is 27.9 Å². The summed E-state index contributed by atoms with van der Waals surface area (Å²) in [4.78, 5) is 0. The predicted octanol–water partition coefficient (Wildman–Crippen LogP) is 3.83. The smallest absolute Gasteiger partial charge is 0.176 e. The predicted molar refractivity (Wildman–Crippen MR) is 85.6 cm³/mol. The van der Waals surface area contributed by atoms with Crippen LogP contribution in [0.2, 0.25) is 10.0 Å². The SMILES string of the molecule is COc1cc(/C=N\NCc2ccccc2Cl)cc(Cl)c1O. The summed E-state index contributed by atoms with van der Waals surface area (Å²) >= 11 is 11.9. The minimum atomic E-state index is -0.0830. The molecule has 2 rings (SSSR count). The normalized spacial score (nSPS) is 10.8. The third-order valence-electron chi connectivity index (χ3n) is 2.80. The topological polar surface area (TPSA) is 53.8 Å². The van der Waals surface area contributed by atoms with Gasteiger partial charge in [-0.05, 0) is 29.3 Å². The first-order valence-corrected chi connectivity index (χ1v) is 6.93. The number of benzene rings is 2. The van der Waals surface area contributed by atoms with Crippen LogP contribution in [0.4, 0.5) is 0 Å². The van der Waals surface area contributed by atoms with Crippen LogP contribution in [-0.2, 0) is 6.54 Å². The number of hydrogen-bond donors (Lipinski definition) is 2. The Morgan fingerprint density at radius 1 is 1.24 bits per heavy atom. The van der Waals surface area contributed by atoms with E-state index in [9.17, 15) is 5.11 Å². The van der Waals surface area contributed by atoms with Gasteiger partial charge in [-0.1, -0.05) is 41.4 Å². The lowest BCUT2D eigenvalue weighted by molar-refractivity contribution is 0.373. The maximum atomic E-state index is 9.64. The number of phenols is 1. The van der Waals surface area contributed by atoms with Gasteiger partial charge in [0.2, 0.25) is 0 Å². The largest absolute Gasteiger partial charge is 0.503 e. The molecular weight excluding hydrogens is 311 g/mol. The van der Waals surface area contributed by atoms with E-state index in [1.807, 2.05) is 24.3 Å². The van der Waals surface area contributed by atoms with Gasteiger partial charge in [-0.2, -0.15) is 5.10 Å². The molecule has 0 spiro atoms. The summed E-state index contributed by atoms with van der Waals surface area (Å²) in [5, 5.41) is 14.6. The van der Waals surface area contributed by atoms with E-state index in [0.717, 1.165) is 5.56 Å². The first kappa shape index (κ1) is 15.5. The van der Waals surface area contributed by atoms with E-state index < -0.39 is 0 Å². The Balaban J connectivity index is 2.02. The molecular formula is C15H14Cl2N2O2. The molecule has 0 fully saturated rings. The third kappa shape index (κ3) is 4.03. The molecule has 0 heterocycles. The van der Waals surface area contributed by atoms with Crippen LogP contribution in [0.1, 0.15) is 11.1 Å². The van der Waals surface area contributed by atoms with Crippen molar-refractivity contribution in [3.05, 3.63) is 57.6 Å². The van der Waals surface area contributed by atoms with Gasteiger partial charge < -0.3 is 15.3 Å². The Bertz CT molecular complexity index is 660. The molecule has 2 N–H and O–H groups in total. The van der Waals surface area contributed by atoms with Gasteiger partial charge in [-0.15, -0.1) is 0 Å². The van der Waals surface area contributed by atoms with Crippen LogP contribution in [0.3, 0.4) is 0 Å². The van der Waals surface area contributed by atoms with Crippen molar-refractivity contribution < 1.29 is 9.84 Å². The van der Waals surface area contributed by atoms with Crippen molar-refractivity contribution in [2.24, 2.45) is 5.10 Å². The number of halogens is 2. The fourth-order valence-corrected chi connectivity index (χ4v) is 2.14. The van der Waals surface area contributed by atoms with Crippen molar-refractivity contribution in [3.63, 3.8) is 0 Å². The summed E-state index contributed by atoms with van der Waals surface area (Å²) in [6, 6.07) is 10.8. The second-order valence-corrected chi connectivity index (χ2v) is 5.05. The molecule has 6 heteroatoms. The number of hydrazone groups is 1. The average molecular weight is 325 g/mol. The number of methoxy groups -OCH3 is 1. The van der Waals surface area contributed by atoms with E-state index in [0.29, 0.717) is 22.9 Å². The minimum absolute atomic E-state index is 0.0830. The summed E-state index contributed by atoms with van der Waals surface area (Å²) < 4.78 is 5.02. The van der Waals surface area contributed by atoms with Crippen molar-refractivity contribution in [2.75, 3.05) is 7.11 Å². The molecule has 0 saturated heterocycles. The Labute approximate surface area is 133 Å². The lowest BCUT2D eigenvalue weighted by atomic mass is 10.2. The van der Waals surface area contributed by atoms with Crippen LogP contribution in [-0.4, -0.2) is 18.4 Å². The van der Waals surface area contributed by atoms with Gasteiger partial charge in [-0.3, -0.25) is 0 Å². The number of ether oxygens (including phenoxy) is 1. The number of phenolic OH excluding ortho intramolecular Hbond substituents is 1. The monoisotopic (exact) mass is 324 g/mol. The van der Waals surface area contributed by atoms with E-state index in [1.165, 1.54) is 7.11 Å². The molecule has 0 aromatic heterocycles. The van der Waals surface area contributed by atoms with Crippen molar-refractivity contribution in [1.29, 1.82) is 0 Å². The third-order valence-corrected chi connectivity index (χ3v) is 3.46. The summed E-state index contributed by atoms with van der Waals surface area (Å²) in [5.41, 5.74) is 4.57. The second kappa shape index (κ2) is 7.20. The molecule has 0 atom stereocenters. The Kier molecular flexibility index (Phi) is 5.31. The molecule has 0 unspecified atom stereocenters. The highest BCUT2D eigenvalue weighted by Crippen LogP contribution is 2.34. The molecule has 2 aromatic rings. The average Bonchev–Trinajstić information content (AvgIpc) is 2.48. The zero-order chi connectivity index (χ0) is 15.2. The number of rotatable bonds is 5. The zero-order valence-corrected chi connectivity index (χ0v) is 12.8. The molecule has 21 heavy (non-hydrogen) atoms. The fraction of sp³-hybridized carbons (Fsp3) is 0.133. The van der Waals surface area contributed by atoms with Crippen molar-refractivity contribution >= 4 is 29.4 Å². The number of nitrogens with one attached hydrogen (secondary N) is 1. The lowest BCUT2D eigenvalue weighted by Crippen LogP contribution is -2.06. The zero-order valence-electron chi connectivity index (χ0n) is 11.3. The molecule has 2 aromatic carbocycles. The van der Waals surface area contributed by atoms with Gasteiger partial charge in [0.1, 0.15) is 0 Å². The quantitative estimate of drug-likeness (QED) is 0.649. The summed E-state index contributed by atoms with van der Waals surface area (Å²) in [7, 11) is 1.46. The molecule has 0 saturated carbocycles. The van der Waals surface area contributed by atoms with Crippen molar-refractivity contribution in [2.45, 2.75) is 6.54 Å². The Morgan fingerprint density at radius 2 is 2.00 bits per heavy atom. The van der Waals surface area contributed by atoms with Gasteiger partial charge in [0.15, 0.2) is 11.5 Å². The van der Waals surface area contributed by atoms with Crippen LogP contribution in [0.5, 0.6) is 11.5 Å². The van der Waals surface area contributed by atoms with E-state index in [1.54, 1.807) is 18.3 Å². The highest BCUT2D eigenvalue weighted by atomic mass is 35.5. The van der Waals surface area contributed by atoms with Crippen LogP contribution >= 0.6 is 23.2 Å². The number of aromatic hydroxyl groups is 1. The summed E-state index contributed by atoms with van der Waals surface area (Å²) in [5.74, 6) is 0.218. The van der Waals surface area contributed by atoms with Gasteiger partial charge >= 0.3 is 0 Å².